The van der Waals surface area contributed by atoms with Crippen LogP contribution in [0.3, 0.4) is 0 Å². The van der Waals surface area contributed by atoms with E-state index in [-0.39, 0.29) is 6.54 Å². The van der Waals surface area contributed by atoms with Gasteiger partial charge >= 0.3 is 6.18 Å². The molecule has 0 saturated heterocycles. The molecule has 3 rings (SSSR count). The summed E-state index contributed by atoms with van der Waals surface area (Å²) in [5, 5.41) is 5.01. The van der Waals surface area contributed by atoms with Gasteiger partial charge in [0, 0.05) is 11.1 Å². The van der Waals surface area contributed by atoms with E-state index in [2.05, 4.69) is 25.8 Å². The number of rotatable bonds is 4. The van der Waals surface area contributed by atoms with Gasteiger partial charge in [0.25, 0.3) is 0 Å². The lowest BCUT2D eigenvalue weighted by atomic mass is 10.1. The summed E-state index contributed by atoms with van der Waals surface area (Å²) in [6.07, 6.45) is -3.32. The van der Waals surface area contributed by atoms with Crippen molar-refractivity contribution >= 4 is 42.5 Å². The molecule has 5 nitrogen and oxygen atoms in total. The smallest absolute Gasteiger partial charge is 0.284 e. The fourth-order valence-electron chi connectivity index (χ4n) is 2.51. The van der Waals surface area contributed by atoms with E-state index in [1.54, 1.807) is 22.9 Å². The van der Waals surface area contributed by atoms with E-state index in [4.69, 9.17) is 0 Å². The Bertz CT molecular complexity index is 1060. The number of hydrogen-bond donors (Lipinski definition) is 1. The molecule has 3 aromatic rings. The Hall–Kier alpha value is -2.07. The standard InChI is InChI=1S/C16H13BrF3N3O2S/c1-26(24,25)22-12-6-7-14-13(8-12)15(17)21-23(14)9-10-2-4-11(5-3-10)16(18,19)20/h2-8,22H,9H2,1H3. The number of hydrogen-bond acceptors (Lipinski definition) is 3. The summed E-state index contributed by atoms with van der Waals surface area (Å²) < 4.78 is 65.1. The molecule has 0 fully saturated rings. The molecular weight excluding hydrogens is 435 g/mol. The maximum absolute atomic E-state index is 12.6. The third-order valence-corrected chi connectivity index (χ3v) is 4.81. The Labute approximate surface area is 156 Å². The summed E-state index contributed by atoms with van der Waals surface area (Å²) >= 11 is 3.32. The van der Waals surface area contributed by atoms with Crippen LogP contribution in [-0.2, 0) is 22.7 Å². The number of aromatic nitrogens is 2. The van der Waals surface area contributed by atoms with Gasteiger partial charge in [0.1, 0.15) is 4.60 Å². The molecule has 0 bridgehead atoms. The second-order valence-corrected chi connectivity index (χ2v) is 8.25. The number of anilines is 1. The molecule has 1 aromatic heterocycles. The van der Waals surface area contributed by atoms with E-state index in [1.807, 2.05) is 0 Å². The average Bonchev–Trinajstić information content (AvgIpc) is 2.81. The first kappa shape index (κ1) is 18.7. The number of sulfonamides is 1. The highest BCUT2D eigenvalue weighted by atomic mass is 79.9. The van der Waals surface area contributed by atoms with Gasteiger partial charge in [-0.1, -0.05) is 12.1 Å². The van der Waals surface area contributed by atoms with Crippen LogP contribution >= 0.6 is 15.9 Å². The zero-order chi connectivity index (χ0) is 19.1. The topological polar surface area (TPSA) is 64.0 Å². The molecule has 1 heterocycles. The molecule has 0 amide bonds. The van der Waals surface area contributed by atoms with Crippen molar-refractivity contribution in [3.8, 4) is 0 Å². The van der Waals surface area contributed by atoms with Crippen molar-refractivity contribution < 1.29 is 21.6 Å². The van der Waals surface area contributed by atoms with Crippen molar-refractivity contribution in [2.45, 2.75) is 12.7 Å². The predicted octanol–water partition coefficient (Wildman–Crippen LogP) is 4.24. The van der Waals surface area contributed by atoms with Gasteiger partial charge in [-0.3, -0.25) is 9.40 Å². The quantitative estimate of drug-likeness (QED) is 0.650. The summed E-state index contributed by atoms with van der Waals surface area (Å²) in [5.41, 5.74) is 1.07. The number of alkyl halides is 3. The third-order valence-electron chi connectivity index (χ3n) is 3.62. The van der Waals surface area contributed by atoms with Crippen LogP contribution in [0, 0.1) is 0 Å². The molecule has 10 heteroatoms. The van der Waals surface area contributed by atoms with Crippen LogP contribution in [0.25, 0.3) is 10.9 Å². The highest BCUT2D eigenvalue weighted by Crippen LogP contribution is 2.30. The second kappa shape index (κ2) is 6.58. The van der Waals surface area contributed by atoms with Crippen LogP contribution in [0.15, 0.2) is 47.1 Å². The van der Waals surface area contributed by atoms with Crippen LogP contribution < -0.4 is 4.72 Å². The summed E-state index contributed by atoms with van der Waals surface area (Å²) in [7, 11) is -3.40. The lowest BCUT2D eigenvalue weighted by Gasteiger charge is -2.08. The Balaban J connectivity index is 1.91. The maximum Gasteiger partial charge on any atom is 0.416 e. The molecule has 0 aliphatic rings. The lowest BCUT2D eigenvalue weighted by molar-refractivity contribution is -0.137. The minimum absolute atomic E-state index is 0.277. The minimum Gasteiger partial charge on any atom is -0.284 e. The van der Waals surface area contributed by atoms with Gasteiger partial charge in [-0.2, -0.15) is 18.3 Å². The first-order valence-corrected chi connectivity index (χ1v) is 10.0. The molecule has 1 N–H and O–H groups in total. The molecule has 0 spiro atoms. The summed E-state index contributed by atoms with van der Waals surface area (Å²) in [6, 6.07) is 9.81. The summed E-state index contributed by atoms with van der Waals surface area (Å²) in [6.45, 7) is 0.277. The van der Waals surface area contributed by atoms with Gasteiger partial charge in [0.05, 0.1) is 23.9 Å². The maximum atomic E-state index is 12.6. The zero-order valence-electron chi connectivity index (χ0n) is 13.4. The van der Waals surface area contributed by atoms with Gasteiger partial charge in [0.15, 0.2) is 0 Å². The fourth-order valence-corrected chi connectivity index (χ4v) is 3.57. The molecule has 0 aliphatic carbocycles. The van der Waals surface area contributed by atoms with E-state index >= 15 is 0 Å². The molecule has 138 valence electrons. The number of benzene rings is 2. The molecule has 0 atom stereocenters. The molecular formula is C16H13BrF3N3O2S. The Morgan fingerprint density at radius 3 is 2.38 bits per heavy atom. The van der Waals surface area contributed by atoms with Gasteiger partial charge in [-0.25, -0.2) is 8.42 Å². The first-order valence-electron chi connectivity index (χ1n) is 7.33. The van der Waals surface area contributed by atoms with E-state index < -0.39 is 21.8 Å². The van der Waals surface area contributed by atoms with Crippen molar-refractivity contribution in [1.82, 2.24) is 9.78 Å². The molecule has 0 aliphatic heterocycles. The van der Waals surface area contributed by atoms with E-state index in [1.165, 1.54) is 12.1 Å². The van der Waals surface area contributed by atoms with Crippen molar-refractivity contribution in [3.05, 3.63) is 58.2 Å². The van der Waals surface area contributed by atoms with Gasteiger partial charge in [-0.15, -0.1) is 0 Å². The average molecular weight is 448 g/mol. The zero-order valence-corrected chi connectivity index (χ0v) is 15.8. The van der Waals surface area contributed by atoms with E-state index in [0.29, 0.717) is 21.2 Å². The molecule has 0 saturated carbocycles. The van der Waals surface area contributed by atoms with Crippen LogP contribution in [-0.4, -0.2) is 24.5 Å². The Kier molecular flexibility index (Phi) is 4.74. The first-order chi connectivity index (χ1) is 12.0. The fraction of sp³-hybridized carbons (Fsp3) is 0.188. The van der Waals surface area contributed by atoms with Crippen molar-refractivity contribution in [1.29, 1.82) is 0 Å². The van der Waals surface area contributed by atoms with Gasteiger partial charge < -0.3 is 0 Å². The van der Waals surface area contributed by atoms with E-state index in [0.717, 1.165) is 23.9 Å². The Morgan fingerprint density at radius 1 is 1.15 bits per heavy atom. The van der Waals surface area contributed by atoms with Crippen molar-refractivity contribution in [3.63, 3.8) is 0 Å². The highest BCUT2D eigenvalue weighted by molar-refractivity contribution is 9.10. The van der Waals surface area contributed by atoms with Crippen LogP contribution in [0.4, 0.5) is 18.9 Å². The normalized spacial score (nSPS) is 12.5. The van der Waals surface area contributed by atoms with E-state index in [9.17, 15) is 21.6 Å². The molecule has 2 aromatic carbocycles. The predicted molar refractivity (Wildman–Crippen MR) is 96.4 cm³/mol. The van der Waals surface area contributed by atoms with Crippen molar-refractivity contribution in [2.24, 2.45) is 0 Å². The van der Waals surface area contributed by atoms with Gasteiger partial charge in [0.2, 0.25) is 10.0 Å². The largest absolute Gasteiger partial charge is 0.416 e. The number of fused-ring (bicyclic) bond motifs is 1. The minimum atomic E-state index is -4.37. The number of nitrogens with one attached hydrogen (secondary N) is 1. The molecule has 0 radical (unpaired) electrons. The molecule has 26 heavy (non-hydrogen) atoms. The second-order valence-electron chi connectivity index (χ2n) is 5.75. The van der Waals surface area contributed by atoms with Crippen LogP contribution in [0.1, 0.15) is 11.1 Å². The van der Waals surface area contributed by atoms with Crippen molar-refractivity contribution in [2.75, 3.05) is 11.0 Å². The summed E-state index contributed by atoms with van der Waals surface area (Å²) in [4.78, 5) is 0. The monoisotopic (exact) mass is 447 g/mol. The number of nitrogens with zero attached hydrogens (tertiary/aromatic N) is 2. The van der Waals surface area contributed by atoms with Crippen LogP contribution in [0.2, 0.25) is 0 Å². The Morgan fingerprint density at radius 2 is 1.81 bits per heavy atom. The third kappa shape index (κ3) is 4.18. The lowest BCUT2D eigenvalue weighted by Crippen LogP contribution is -2.09. The van der Waals surface area contributed by atoms with Crippen LogP contribution in [0.5, 0.6) is 0 Å². The SMILES string of the molecule is CS(=O)(=O)Nc1ccc2c(c1)c(Br)nn2Cc1ccc(C(F)(F)F)cc1. The highest BCUT2D eigenvalue weighted by Gasteiger charge is 2.29. The van der Waals surface area contributed by atoms with Gasteiger partial charge in [-0.05, 0) is 51.8 Å². The summed E-state index contributed by atoms with van der Waals surface area (Å²) in [5.74, 6) is 0. The number of halogens is 4. The molecule has 0 unspecified atom stereocenters.